The van der Waals surface area contributed by atoms with Crippen LogP contribution in [0.5, 0.6) is 0 Å². The molecule has 2 aromatic carbocycles. The summed E-state index contributed by atoms with van der Waals surface area (Å²) >= 11 is 13.9. The van der Waals surface area contributed by atoms with Crippen LogP contribution in [0.4, 0.5) is 21.5 Å². The van der Waals surface area contributed by atoms with E-state index < -0.39 is 0 Å². The Labute approximate surface area is 127 Å². The van der Waals surface area contributed by atoms with Crippen molar-refractivity contribution in [3.63, 3.8) is 0 Å². The maximum absolute atomic E-state index is 13.5. The van der Waals surface area contributed by atoms with Crippen LogP contribution in [-0.2, 0) is 0 Å². The average molecular weight is 397 g/mol. The Balaban J connectivity index is 2.43. The first kappa shape index (κ1) is 13.7. The first-order valence-corrected chi connectivity index (χ1v) is 6.78. The number of hydrogen-bond donors (Lipinski definition) is 2. The fourth-order valence-corrected chi connectivity index (χ4v) is 2.41. The van der Waals surface area contributed by atoms with Gasteiger partial charge in [0.05, 0.1) is 30.7 Å². The summed E-state index contributed by atoms with van der Waals surface area (Å²) in [7, 11) is 0. The van der Waals surface area contributed by atoms with Gasteiger partial charge in [-0.25, -0.2) is 4.39 Å². The van der Waals surface area contributed by atoms with Crippen molar-refractivity contribution in [2.75, 3.05) is 11.1 Å². The van der Waals surface area contributed by atoms with E-state index in [4.69, 9.17) is 28.9 Å². The lowest BCUT2D eigenvalue weighted by Gasteiger charge is -2.13. The third kappa shape index (κ3) is 2.81. The van der Waals surface area contributed by atoms with Crippen LogP contribution < -0.4 is 11.1 Å². The molecule has 0 aliphatic rings. The highest BCUT2D eigenvalue weighted by Crippen LogP contribution is 2.35. The van der Waals surface area contributed by atoms with Crippen LogP contribution >= 0.6 is 45.8 Å². The number of para-hydroxylation sites is 1. The van der Waals surface area contributed by atoms with E-state index >= 15 is 0 Å². The van der Waals surface area contributed by atoms with Gasteiger partial charge in [-0.1, -0.05) is 29.3 Å². The van der Waals surface area contributed by atoms with Crippen molar-refractivity contribution in [1.82, 2.24) is 0 Å². The molecular formula is C12H8Cl2FIN2. The quantitative estimate of drug-likeness (QED) is 0.549. The highest BCUT2D eigenvalue weighted by Gasteiger charge is 2.10. The third-order valence-electron chi connectivity index (χ3n) is 2.31. The summed E-state index contributed by atoms with van der Waals surface area (Å²) in [5.41, 5.74) is 7.19. The SMILES string of the molecule is Nc1cc(I)c(F)cc1Nc1c(Cl)cccc1Cl. The number of nitrogens with one attached hydrogen (secondary N) is 1. The summed E-state index contributed by atoms with van der Waals surface area (Å²) in [5.74, 6) is -0.351. The minimum absolute atomic E-state index is 0.351. The van der Waals surface area contributed by atoms with Gasteiger partial charge in [-0.05, 0) is 40.8 Å². The van der Waals surface area contributed by atoms with Gasteiger partial charge < -0.3 is 11.1 Å². The van der Waals surface area contributed by atoms with E-state index in [1.54, 1.807) is 24.3 Å². The molecule has 18 heavy (non-hydrogen) atoms. The zero-order valence-corrected chi connectivity index (χ0v) is 12.6. The van der Waals surface area contributed by atoms with Crippen LogP contribution in [0.2, 0.25) is 10.0 Å². The van der Waals surface area contributed by atoms with Crippen molar-refractivity contribution in [2.24, 2.45) is 0 Å². The molecule has 3 N–H and O–H groups in total. The second-order valence-corrected chi connectivity index (χ2v) is 5.55. The lowest BCUT2D eigenvalue weighted by molar-refractivity contribution is 0.621. The van der Waals surface area contributed by atoms with E-state index in [1.165, 1.54) is 6.07 Å². The number of nitrogens with two attached hydrogens (primary N) is 1. The smallest absolute Gasteiger partial charge is 0.138 e. The van der Waals surface area contributed by atoms with Gasteiger partial charge >= 0.3 is 0 Å². The molecule has 94 valence electrons. The summed E-state index contributed by atoms with van der Waals surface area (Å²) < 4.78 is 14.0. The third-order valence-corrected chi connectivity index (χ3v) is 3.77. The standard InChI is InChI=1S/C12H8Cl2FIN2/c13-6-2-1-3-7(14)12(6)18-11-4-8(15)9(16)5-10(11)17/h1-5,18H,17H2. The Morgan fingerprint density at radius 1 is 1.17 bits per heavy atom. The van der Waals surface area contributed by atoms with Gasteiger partial charge in [0.2, 0.25) is 0 Å². The molecule has 0 bridgehead atoms. The van der Waals surface area contributed by atoms with E-state index in [0.29, 0.717) is 30.7 Å². The minimum atomic E-state index is -0.351. The highest BCUT2D eigenvalue weighted by molar-refractivity contribution is 14.1. The summed E-state index contributed by atoms with van der Waals surface area (Å²) in [4.78, 5) is 0. The molecule has 2 rings (SSSR count). The Kier molecular flexibility index (Phi) is 4.19. The zero-order chi connectivity index (χ0) is 13.3. The molecule has 0 fully saturated rings. The number of hydrogen-bond acceptors (Lipinski definition) is 2. The Bertz CT molecular complexity index is 585. The Hall–Kier alpha value is -0.720. The van der Waals surface area contributed by atoms with Crippen LogP contribution in [0.3, 0.4) is 0 Å². The molecule has 0 unspecified atom stereocenters. The van der Waals surface area contributed by atoms with Crippen LogP contribution in [0.1, 0.15) is 0 Å². The molecule has 0 aromatic heterocycles. The van der Waals surface area contributed by atoms with E-state index in [-0.39, 0.29) is 5.82 Å². The fraction of sp³-hybridized carbons (Fsp3) is 0. The molecule has 0 saturated carbocycles. The Morgan fingerprint density at radius 3 is 2.39 bits per heavy atom. The zero-order valence-electron chi connectivity index (χ0n) is 8.98. The minimum Gasteiger partial charge on any atom is -0.397 e. The summed E-state index contributed by atoms with van der Waals surface area (Å²) in [6.45, 7) is 0. The lowest BCUT2D eigenvalue weighted by Crippen LogP contribution is -1.99. The van der Waals surface area contributed by atoms with Crippen LogP contribution in [0, 0.1) is 9.39 Å². The predicted octanol–water partition coefficient (Wildman–Crippen LogP) is 5.06. The van der Waals surface area contributed by atoms with Crippen molar-refractivity contribution in [2.45, 2.75) is 0 Å². The molecule has 0 radical (unpaired) electrons. The van der Waals surface area contributed by atoms with Crippen molar-refractivity contribution in [1.29, 1.82) is 0 Å². The largest absolute Gasteiger partial charge is 0.397 e. The predicted molar refractivity (Wildman–Crippen MR) is 83.3 cm³/mol. The van der Waals surface area contributed by atoms with E-state index in [1.807, 2.05) is 22.6 Å². The second kappa shape index (κ2) is 5.50. The summed E-state index contributed by atoms with van der Waals surface area (Å²) in [5, 5.41) is 3.84. The molecule has 0 saturated heterocycles. The fourth-order valence-electron chi connectivity index (χ4n) is 1.42. The van der Waals surface area contributed by atoms with Gasteiger partial charge in [-0.2, -0.15) is 0 Å². The maximum atomic E-state index is 13.5. The molecule has 0 atom stereocenters. The topological polar surface area (TPSA) is 38.0 Å². The molecule has 6 heteroatoms. The highest BCUT2D eigenvalue weighted by atomic mass is 127. The van der Waals surface area contributed by atoms with Gasteiger partial charge in [0, 0.05) is 6.07 Å². The van der Waals surface area contributed by atoms with E-state index in [9.17, 15) is 4.39 Å². The molecule has 0 heterocycles. The number of rotatable bonds is 2. The van der Waals surface area contributed by atoms with Crippen LogP contribution in [0.25, 0.3) is 0 Å². The van der Waals surface area contributed by atoms with Gasteiger partial charge in [0.25, 0.3) is 0 Å². The van der Waals surface area contributed by atoms with Crippen molar-refractivity contribution in [3.05, 3.63) is 49.8 Å². The molecule has 0 aliphatic heterocycles. The molecule has 0 amide bonds. The Morgan fingerprint density at radius 2 is 1.78 bits per heavy atom. The molecular weight excluding hydrogens is 389 g/mol. The normalized spacial score (nSPS) is 10.4. The monoisotopic (exact) mass is 396 g/mol. The van der Waals surface area contributed by atoms with Gasteiger partial charge in [-0.3, -0.25) is 0 Å². The maximum Gasteiger partial charge on any atom is 0.138 e. The van der Waals surface area contributed by atoms with Crippen molar-refractivity contribution < 1.29 is 4.39 Å². The molecule has 0 spiro atoms. The van der Waals surface area contributed by atoms with E-state index in [2.05, 4.69) is 5.32 Å². The first-order chi connectivity index (χ1) is 8.49. The summed E-state index contributed by atoms with van der Waals surface area (Å²) in [6, 6.07) is 7.97. The molecule has 2 aromatic rings. The van der Waals surface area contributed by atoms with Crippen molar-refractivity contribution in [3.8, 4) is 0 Å². The number of halogens is 4. The van der Waals surface area contributed by atoms with Crippen LogP contribution in [-0.4, -0.2) is 0 Å². The first-order valence-electron chi connectivity index (χ1n) is 4.94. The molecule has 2 nitrogen and oxygen atoms in total. The molecule has 0 aliphatic carbocycles. The van der Waals surface area contributed by atoms with Crippen LogP contribution in [0.15, 0.2) is 30.3 Å². The van der Waals surface area contributed by atoms with E-state index in [0.717, 1.165) is 0 Å². The van der Waals surface area contributed by atoms with Gasteiger partial charge in [0.1, 0.15) is 5.82 Å². The average Bonchev–Trinajstić information content (AvgIpc) is 2.30. The second-order valence-electron chi connectivity index (χ2n) is 3.58. The van der Waals surface area contributed by atoms with Gasteiger partial charge in [-0.15, -0.1) is 0 Å². The lowest BCUT2D eigenvalue weighted by atomic mass is 10.2. The summed E-state index contributed by atoms with van der Waals surface area (Å²) in [6.07, 6.45) is 0. The number of nitrogen functional groups attached to an aromatic ring is 1. The number of anilines is 3. The van der Waals surface area contributed by atoms with Crippen molar-refractivity contribution >= 4 is 62.9 Å². The number of benzene rings is 2. The van der Waals surface area contributed by atoms with Gasteiger partial charge in [0.15, 0.2) is 0 Å².